The van der Waals surface area contributed by atoms with Crippen LogP contribution in [0.5, 0.6) is 0 Å². The highest BCUT2D eigenvalue weighted by Gasteiger charge is 2.11. The number of aromatic nitrogens is 2. The van der Waals surface area contributed by atoms with Gasteiger partial charge in [0.05, 0.1) is 22.5 Å². The van der Waals surface area contributed by atoms with Gasteiger partial charge in [0.15, 0.2) is 0 Å². The molecule has 4 nitrogen and oxygen atoms in total. The smallest absolute Gasteiger partial charge is 0.258 e. The van der Waals surface area contributed by atoms with E-state index in [1.54, 1.807) is 12.1 Å². The Kier molecular flexibility index (Phi) is 3.79. The number of amides is 1. The molecule has 6 heteroatoms. The molecular weight excluding hydrogens is 273 g/mol. The third kappa shape index (κ3) is 2.78. The van der Waals surface area contributed by atoms with E-state index in [9.17, 15) is 4.79 Å². The van der Waals surface area contributed by atoms with Gasteiger partial charge >= 0.3 is 0 Å². The highest BCUT2D eigenvalue weighted by molar-refractivity contribution is 6.34. The number of hydrogen-bond acceptors (Lipinski definition) is 3. The average molecular weight is 282 g/mol. The molecule has 0 aliphatic rings. The van der Waals surface area contributed by atoms with Crippen LogP contribution in [0, 0.1) is 6.92 Å². The van der Waals surface area contributed by atoms with Crippen LogP contribution in [-0.4, -0.2) is 15.9 Å². The summed E-state index contributed by atoms with van der Waals surface area (Å²) in [6.07, 6.45) is 4.43. The van der Waals surface area contributed by atoms with Crippen LogP contribution in [-0.2, 0) is 0 Å². The van der Waals surface area contributed by atoms with Gasteiger partial charge in [0.2, 0.25) is 0 Å². The number of rotatable bonds is 2. The minimum atomic E-state index is -0.333. The first-order valence-corrected chi connectivity index (χ1v) is 5.86. The van der Waals surface area contributed by atoms with E-state index in [2.05, 4.69) is 15.3 Å². The van der Waals surface area contributed by atoms with Crippen molar-refractivity contribution >= 4 is 34.8 Å². The highest BCUT2D eigenvalue weighted by Crippen LogP contribution is 2.19. The zero-order chi connectivity index (χ0) is 13.1. The van der Waals surface area contributed by atoms with Crippen molar-refractivity contribution in [1.82, 2.24) is 9.97 Å². The lowest BCUT2D eigenvalue weighted by molar-refractivity contribution is 0.102. The third-order valence-corrected chi connectivity index (χ3v) is 2.87. The molecule has 2 heterocycles. The molecule has 0 fully saturated rings. The van der Waals surface area contributed by atoms with Crippen molar-refractivity contribution in [3.8, 4) is 0 Å². The van der Waals surface area contributed by atoms with Gasteiger partial charge in [-0.25, -0.2) is 4.98 Å². The summed E-state index contributed by atoms with van der Waals surface area (Å²) in [4.78, 5) is 19.7. The van der Waals surface area contributed by atoms with Gasteiger partial charge in [0.1, 0.15) is 5.15 Å². The number of carbonyl (C=O) groups excluding carboxylic acids is 1. The molecule has 2 aromatic rings. The quantitative estimate of drug-likeness (QED) is 0.859. The Labute approximate surface area is 114 Å². The minimum Gasteiger partial charge on any atom is -0.320 e. The van der Waals surface area contributed by atoms with Crippen LogP contribution < -0.4 is 5.32 Å². The summed E-state index contributed by atoms with van der Waals surface area (Å²) in [5, 5.41) is 3.44. The molecule has 0 unspecified atom stereocenters. The summed E-state index contributed by atoms with van der Waals surface area (Å²) >= 11 is 11.7. The van der Waals surface area contributed by atoms with Gasteiger partial charge < -0.3 is 5.32 Å². The lowest BCUT2D eigenvalue weighted by Crippen LogP contribution is -2.13. The van der Waals surface area contributed by atoms with Gasteiger partial charge in [-0.05, 0) is 24.6 Å². The molecule has 0 aromatic carbocycles. The number of pyridine rings is 2. The van der Waals surface area contributed by atoms with Gasteiger partial charge in [0, 0.05) is 12.4 Å². The largest absolute Gasteiger partial charge is 0.320 e. The Bertz CT molecular complexity index is 602. The SMILES string of the molecule is Cc1cc(Cl)ncc1NC(=O)c1cnccc1Cl. The van der Waals surface area contributed by atoms with Gasteiger partial charge in [-0.15, -0.1) is 0 Å². The fourth-order valence-electron chi connectivity index (χ4n) is 1.39. The number of anilines is 1. The maximum Gasteiger partial charge on any atom is 0.258 e. The number of nitrogens with zero attached hydrogens (tertiary/aromatic N) is 2. The minimum absolute atomic E-state index is 0.313. The van der Waals surface area contributed by atoms with Crippen molar-refractivity contribution in [2.24, 2.45) is 0 Å². The predicted molar refractivity (Wildman–Crippen MR) is 71.2 cm³/mol. The lowest BCUT2D eigenvalue weighted by atomic mass is 10.2. The van der Waals surface area contributed by atoms with Crippen molar-refractivity contribution in [2.45, 2.75) is 6.92 Å². The van der Waals surface area contributed by atoms with Crippen molar-refractivity contribution in [2.75, 3.05) is 5.32 Å². The third-order valence-electron chi connectivity index (χ3n) is 2.34. The molecule has 0 spiro atoms. The first kappa shape index (κ1) is 12.8. The van der Waals surface area contributed by atoms with Crippen LogP contribution in [0.2, 0.25) is 10.2 Å². The van der Waals surface area contributed by atoms with Gasteiger partial charge in [-0.2, -0.15) is 0 Å². The molecule has 0 radical (unpaired) electrons. The molecule has 2 aromatic heterocycles. The van der Waals surface area contributed by atoms with Crippen molar-refractivity contribution in [3.63, 3.8) is 0 Å². The molecule has 2 rings (SSSR count). The van der Waals surface area contributed by atoms with Crippen LogP contribution in [0.4, 0.5) is 5.69 Å². The molecule has 0 saturated heterocycles. The van der Waals surface area contributed by atoms with Crippen LogP contribution >= 0.6 is 23.2 Å². The fourth-order valence-corrected chi connectivity index (χ4v) is 1.79. The summed E-state index contributed by atoms with van der Waals surface area (Å²) < 4.78 is 0. The molecule has 0 aliphatic carbocycles. The summed E-state index contributed by atoms with van der Waals surface area (Å²) in [5.41, 5.74) is 1.72. The van der Waals surface area contributed by atoms with Crippen molar-refractivity contribution in [1.29, 1.82) is 0 Å². The molecule has 1 N–H and O–H groups in total. The molecule has 0 saturated carbocycles. The Balaban J connectivity index is 2.24. The first-order valence-electron chi connectivity index (χ1n) is 5.11. The maximum atomic E-state index is 12.0. The topological polar surface area (TPSA) is 54.9 Å². The van der Waals surface area contributed by atoms with Gasteiger partial charge in [-0.1, -0.05) is 23.2 Å². The number of aryl methyl sites for hydroxylation is 1. The van der Waals surface area contributed by atoms with E-state index in [0.717, 1.165) is 5.56 Å². The van der Waals surface area contributed by atoms with Crippen LogP contribution in [0.25, 0.3) is 0 Å². The molecule has 18 heavy (non-hydrogen) atoms. The Morgan fingerprint density at radius 3 is 2.78 bits per heavy atom. The Hall–Kier alpha value is -1.65. The Morgan fingerprint density at radius 2 is 2.11 bits per heavy atom. The van der Waals surface area contributed by atoms with E-state index in [-0.39, 0.29) is 5.91 Å². The van der Waals surface area contributed by atoms with Crippen LogP contribution in [0.3, 0.4) is 0 Å². The summed E-state index contributed by atoms with van der Waals surface area (Å²) in [5.74, 6) is -0.333. The lowest BCUT2D eigenvalue weighted by Gasteiger charge is -2.08. The molecule has 0 aliphatic heterocycles. The van der Waals surface area contributed by atoms with Gasteiger partial charge in [-0.3, -0.25) is 9.78 Å². The number of nitrogens with one attached hydrogen (secondary N) is 1. The number of halogens is 2. The van der Waals surface area contributed by atoms with E-state index in [4.69, 9.17) is 23.2 Å². The second kappa shape index (κ2) is 5.33. The number of hydrogen-bond donors (Lipinski definition) is 1. The zero-order valence-electron chi connectivity index (χ0n) is 9.45. The first-order chi connectivity index (χ1) is 8.58. The summed E-state index contributed by atoms with van der Waals surface area (Å²) in [6.45, 7) is 1.83. The maximum absolute atomic E-state index is 12.0. The predicted octanol–water partition coefficient (Wildman–Crippen LogP) is 3.34. The second-order valence-electron chi connectivity index (χ2n) is 3.63. The highest BCUT2D eigenvalue weighted by atomic mass is 35.5. The second-order valence-corrected chi connectivity index (χ2v) is 4.43. The summed E-state index contributed by atoms with van der Waals surface area (Å²) in [7, 11) is 0. The molecule has 0 bridgehead atoms. The molecule has 1 amide bonds. The van der Waals surface area contributed by atoms with Crippen molar-refractivity contribution < 1.29 is 4.79 Å². The van der Waals surface area contributed by atoms with E-state index < -0.39 is 0 Å². The van der Waals surface area contributed by atoms with Crippen LogP contribution in [0.15, 0.2) is 30.7 Å². The average Bonchev–Trinajstić information content (AvgIpc) is 2.33. The molecule has 92 valence electrons. The normalized spacial score (nSPS) is 10.2. The van der Waals surface area contributed by atoms with Gasteiger partial charge in [0.25, 0.3) is 5.91 Å². The zero-order valence-corrected chi connectivity index (χ0v) is 11.0. The molecule has 0 atom stereocenters. The van der Waals surface area contributed by atoms with E-state index in [1.807, 2.05) is 6.92 Å². The van der Waals surface area contributed by atoms with E-state index >= 15 is 0 Å². The van der Waals surface area contributed by atoms with Crippen molar-refractivity contribution in [3.05, 3.63) is 52.0 Å². The standard InChI is InChI=1S/C12H9Cl2N3O/c1-7-4-11(14)16-6-10(7)17-12(18)8-5-15-3-2-9(8)13/h2-6H,1H3,(H,17,18). The van der Waals surface area contributed by atoms with E-state index in [0.29, 0.717) is 21.4 Å². The van der Waals surface area contributed by atoms with Crippen LogP contribution in [0.1, 0.15) is 15.9 Å². The summed E-state index contributed by atoms with van der Waals surface area (Å²) in [6, 6.07) is 3.23. The van der Waals surface area contributed by atoms with E-state index in [1.165, 1.54) is 18.6 Å². The fraction of sp³-hybridized carbons (Fsp3) is 0.0833. The Morgan fingerprint density at radius 1 is 1.33 bits per heavy atom. The molecular formula is C12H9Cl2N3O. The monoisotopic (exact) mass is 281 g/mol. The number of carbonyl (C=O) groups is 1.